The zero-order valence-corrected chi connectivity index (χ0v) is 20.1. The van der Waals surface area contributed by atoms with Crippen molar-refractivity contribution in [3.8, 4) is 0 Å². The Labute approximate surface area is 188 Å². The first-order valence-corrected chi connectivity index (χ1v) is 11.6. The summed E-state index contributed by atoms with van der Waals surface area (Å²) in [7, 11) is 0. The van der Waals surface area contributed by atoms with Crippen molar-refractivity contribution >= 4 is 11.8 Å². The van der Waals surface area contributed by atoms with Crippen LogP contribution in [-0.4, -0.2) is 44.8 Å². The maximum atomic E-state index is 13.3. The summed E-state index contributed by atoms with van der Waals surface area (Å²) >= 11 is 0. The van der Waals surface area contributed by atoms with Crippen LogP contribution in [-0.2, 0) is 22.7 Å². The van der Waals surface area contributed by atoms with Gasteiger partial charge in [0.15, 0.2) is 0 Å². The molecular weight excluding hydrogens is 386 g/mol. The molecule has 0 spiro atoms. The fourth-order valence-corrected chi connectivity index (χ4v) is 3.76. The van der Waals surface area contributed by atoms with Gasteiger partial charge in [-0.05, 0) is 63.8 Å². The Morgan fingerprint density at radius 2 is 1.68 bits per heavy atom. The molecular formula is C26H39N3O2. The van der Waals surface area contributed by atoms with Crippen molar-refractivity contribution in [3.63, 3.8) is 0 Å². The second-order valence-corrected chi connectivity index (χ2v) is 8.70. The lowest BCUT2D eigenvalue weighted by atomic mass is 10.1. The molecule has 2 rings (SSSR count). The van der Waals surface area contributed by atoms with E-state index in [0.717, 1.165) is 25.1 Å². The molecule has 0 aliphatic carbocycles. The normalized spacial score (nSPS) is 12.1. The van der Waals surface area contributed by atoms with Crippen LogP contribution in [0.1, 0.15) is 70.7 Å². The summed E-state index contributed by atoms with van der Waals surface area (Å²) in [6, 6.07) is 12.6. The highest BCUT2D eigenvalue weighted by Gasteiger charge is 2.26. The van der Waals surface area contributed by atoms with E-state index >= 15 is 0 Å². The lowest BCUT2D eigenvalue weighted by molar-refractivity contribution is -0.143. The van der Waals surface area contributed by atoms with Gasteiger partial charge in [0, 0.05) is 36.9 Å². The van der Waals surface area contributed by atoms with Gasteiger partial charge in [0.05, 0.1) is 13.1 Å². The molecule has 0 saturated heterocycles. The van der Waals surface area contributed by atoms with E-state index in [1.165, 1.54) is 11.1 Å². The summed E-state index contributed by atoms with van der Waals surface area (Å²) in [4.78, 5) is 29.5. The molecule has 1 heterocycles. The standard InChI is InChI=1S/C26H39N3O2/c1-7-12-25(30)28(20(3)4)19-26(31)29(22(6)8-2)18-24-15-11-16-27(24)17-23-14-10-9-13-21(23)5/h9-11,13-16,20,22H,7-8,12,17-19H2,1-6H3/t22-/m1/s1. The number of hydrogen-bond acceptors (Lipinski definition) is 2. The molecule has 170 valence electrons. The highest BCUT2D eigenvalue weighted by molar-refractivity contribution is 5.85. The van der Waals surface area contributed by atoms with Crippen LogP contribution >= 0.6 is 0 Å². The third-order valence-electron chi connectivity index (χ3n) is 6.01. The highest BCUT2D eigenvalue weighted by atomic mass is 16.2. The first kappa shape index (κ1) is 24.7. The van der Waals surface area contributed by atoms with Gasteiger partial charge < -0.3 is 14.4 Å². The van der Waals surface area contributed by atoms with Crippen molar-refractivity contribution in [2.75, 3.05) is 6.54 Å². The zero-order chi connectivity index (χ0) is 23.0. The van der Waals surface area contributed by atoms with Crippen LogP contribution in [0.3, 0.4) is 0 Å². The van der Waals surface area contributed by atoms with E-state index < -0.39 is 0 Å². The molecule has 0 aliphatic heterocycles. The zero-order valence-electron chi connectivity index (χ0n) is 20.1. The maximum Gasteiger partial charge on any atom is 0.242 e. The molecule has 0 aliphatic rings. The number of carbonyl (C=O) groups excluding carboxylic acids is 2. The smallest absolute Gasteiger partial charge is 0.242 e. The monoisotopic (exact) mass is 425 g/mol. The van der Waals surface area contributed by atoms with Crippen LogP contribution in [0.5, 0.6) is 0 Å². The number of rotatable bonds is 11. The minimum Gasteiger partial charge on any atom is -0.345 e. The van der Waals surface area contributed by atoms with E-state index in [0.29, 0.717) is 13.0 Å². The van der Waals surface area contributed by atoms with Gasteiger partial charge in [0.2, 0.25) is 11.8 Å². The van der Waals surface area contributed by atoms with Crippen molar-refractivity contribution in [1.29, 1.82) is 0 Å². The molecule has 1 aromatic heterocycles. The van der Waals surface area contributed by atoms with Crippen molar-refractivity contribution in [2.24, 2.45) is 0 Å². The number of carbonyl (C=O) groups is 2. The molecule has 5 nitrogen and oxygen atoms in total. The number of hydrogen-bond donors (Lipinski definition) is 0. The SMILES string of the molecule is CCCC(=O)N(CC(=O)N(Cc1cccn1Cc1ccccc1C)[C@H](C)CC)C(C)C. The Bertz CT molecular complexity index is 856. The molecule has 31 heavy (non-hydrogen) atoms. The number of aromatic nitrogens is 1. The van der Waals surface area contributed by atoms with Crippen molar-refractivity contribution < 1.29 is 9.59 Å². The Kier molecular flexibility index (Phi) is 9.35. The quantitative estimate of drug-likeness (QED) is 0.508. The summed E-state index contributed by atoms with van der Waals surface area (Å²) in [5.74, 6) is 0.0639. The molecule has 0 bridgehead atoms. The van der Waals surface area contributed by atoms with E-state index in [2.05, 4.69) is 61.9 Å². The van der Waals surface area contributed by atoms with Gasteiger partial charge in [0.25, 0.3) is 0 Å². The summed E-state index contributed by atoms with van der Waals surface area (Å²) in [6.07, 6.45) is 4.22. The lowest BCUT2D eigenvalue weighted by Crippen LogP contribution is -2.48. The number of nitrogens with zero attached hydrogens (tertiary/aromatic N) is 3. The van der Waals surface area contributed by atoms with Gasteiger partial charge in [-0.25, -0.2) is 0 Å². The molecule has 0 saturated carbocycles. The topological polar surface area (TPSA) is 45.6 Å². The number of amides is 2. The average molecular weight is 426 g/mol. The van der Waals surface area contributed by atoms with E-state index in [1.807, 2.05) is 31.7 Å². The van der Waals surface area contributed by atoms with Gasteiger partial charge in [-0.3, -0.25) is 9.59 Å². The van der Waals surface area contributed by atoms with Crippen molar-refractivity contribution in [2.45, 2.75) is 86.0 Å². The van der Waals surface area contributed by atoms with Crippen LogP contribution in [0.25, 0.3) is 0 Å². The molecule has 1 atom stereocenters. The second kappa shape index (κ2) is 11.7. The van der Waals surface area contributed by atoms with E-state index in [4.69, 9.17) is 0 Å². The molecule has 0 fully saturated rings. The number of benzene rings is 1. The van der Waals surface area contributed by atoms with Crippen LogP contribution in [0.2, 0.25) is 0 Å². The average Bonchev–Trinajstić information content (AvgIpc) is 3.17. The van der Waals surface area contributed by atoms with Gasteiger partial charge in [-0.1, -0.05) is 38.1 Å². The van der Waals surface area contributed by atoms with E-state index in [9.17, 15) is 9.59 Å². The Morgan fingerprint density at radius 3 is 2.29 bits per heavy atom. The van der Waals surface area contributed by atoms with Gasteiger partial charge in [0.1, 0.15) is 0 Å². The largest absolute Gasteiger partial charge is 0.345 e. The van der Waals surface area contributed by atoms with Gasteiger partial charge in [-0.15, -0.1) is 0 Å². The van der Waals surface area contributed by atoms with Crippen LogP contribution in [0.4, 0.5) is 0 Å². The highest BCUT2D eigenvalue weighted by Crippen LogP contribution is 2.17. The minimum atomic E-state index is 0.00620. The predicted octanol–water partition coefficient (Wildman–Crippen LogP) is 5.01. The summed E-state index contributed by atoms with van der Waals surface area (Å²) in [6.45, 7) is 13.7. The molecule has 0 unspecified atom stereocenters. The first-order valence-electron chi connectivity index (χ1n) is 11.6. The predicted molar refractivity (Wildman–Crippen MR) is 127 cm³/mol. The van der Waals surface area contributed by atoms with Crippen molar-refractivity contribution in [3.05, 3.63) is 59.4 Å². The van der Waals surface area contributed by atoms with E-state index in [-0.39, 0.29) is 30.4 Å². The van der Waals surface area contributed by atoms with Crippen LogP contribution < -0.4 is 0 Å². The fourth-order valence-electron chi connectivity index (χ4n) is 3.76. The Hall–Kier alpha value is -2.56. The third kappa shape index (κ3) is 6.71. The third-order valence-corrected chi connectivity index (χ3v) is 6.01. The van der Waals surface area contributed by atoms with Gasteiger partial charge >= 0.3 is 0 Å². The van der Waals surface area contributed by atoms with Gasteiger partial charge in [-0.2, -0.15) is 0 Å². The minimum absolute atomic E-state index is 0.00620. The summed E-state index contributed by atoms with van der Waals surface area (Å²) in [5.41, 5.74) is 3.64. The lowest BCUT2D eigenvalue weighted by Gasteiger charge is -2.33. The number of aryl methyl sites for hydroxylation is 1. The summed E-state index contributed by atoms with van der Waals surface area (Å²) < 4.78 is 2.22. The molecule has 1 aromatic carbocycles. The fraction of sp³-hybridized carbons (Fsp3) is 0.538. The maximum absolute atomic E-state index is 13.3. The van der Waals surface area contributed by atoms with Crippen LogP contribution in [0, 0.1) is 6.92 Å². The summed E-state index contributed by atoms with van der Waals surface area (Å²) in [5, 5.41) is 0. The van der Waals surface area contributed by atoms with Crippen molar-refractivity contribution in [1.82, 2.24) is 14.4 Å². The molecule has 0 radical (unpaired) electrons. The molecule has 0 N–H and O–H groups in total. The first-order chi connectivity index (χ1) is 14.8. The molecule has 5 heteroatoms. The molecule has 2 amide bonds. The van der Waals surface area contributed by atoms with Crippen LogP contribution in [0.15, 0.2) is 42.6 Å². The van der Waals surface area contributed by atoms with E-state index in [1.54, 1.807) is 4.90 Å². The molecule has 2 aromatic rings. The second-order valence-electron chi connectivity index (χ2n) is 8.70. The Balaban J connectivity index is 2.20. The Morgan fingerprint density at radius 1 is 0.968 bits per heavy atom.